The van der Waals surface area contributed by atoms with Crippen LogP contribution in [0.25, 0.3) is 0 Å². The fourth-order valence-electron chi connectivity index (χ4n) is 2.46. The minimum absolute atomic E-state index is 0.138. The molecule has 0 radical (unpaired) electrons. The fourth-order valence-corrected chi connectivity index (χ4v) is 2.46. The van der Waals surface area contributed by atoms with Gasteiger partial charge in [0.1, 0.15) is 0 Å². The SMILES string of the molecule is C#Cc1cccc(NC(=O)NC2CCCCCC2)c1. The Morgan fingerprint density at radius 2 is 1.95 bits per heavy atom. The number of hydrogen-bond acceptors (Lipinski definition) is 1. The van der Waals surface area contributed by atoms with Gasteiger partial charge in [0.25, 0.3) is 0 Å². The van der Waals surface area contributed by atoms with Crippen LogP contribution in [-0.2, 0) is 0 Å². The van der Waals surface area contributed by atoms with Crippen molar-refractivity contribution in [3.63, 3.8) is 0 Å². The first-order chi connectivity index (χ1) is 9.28. The number of carbonyl (C=O) groups excluding carboxylic acids is 1. The molecule has 3 nitrogen and oxygen atoms in total. The van der Waals surface area contributed by atoms with Crippen molar-refractivity contribution >= 4 is 11.7 Å². The highest BCUT2D eigenvalue weighted by Gasteiger charge is 2.14. The third-order valence-corrected chi connectivity index (χ3v) is 3.48. The number of rotatable bonds is 2. The summed E-state index contributed by atoms with van der Waals surface area (Å²) in [7, 11) is 0. The van der Waals surface area contributed by atoms with Crippen molar-refractivity contribution < 1.29 is 4.79 Å². The van der Waals surface area contributed by atoms with E-state index >= 15 is 0 Å². The lowest BCUT2D eigenvalue weighted by Crippen LogP contribution is -2.37. The molecule has 3 heteroatoms. The van der Waals surface area contributed by atoms with Crippen LogP contribution in [0.1, 0.15) is 44.1 Å². The van der Waals surface area contributed by atoms with E-state index < -0.39 is 0 Å². The molecule has 0 saturated heterocycles. The average Bonchev–Trinajstić information content (AvgIpc) is 2.67. The summed E-state index contributed by atoms with van der Waals surface area (Å²) in [5.74, 6) is 2.56. The number of carbonyl (C=O) groups is 1. The molecule has 0 bridgehead atoms. The first-order valence-electron chi connectivity index (χ1n) is 6.92. The highest BCUT2D eigenvalue weighted by atomic mass is 16.2. The molecule has 0 unspecified atom stereocenters. The van der Waals surface area contributed by atoms with Gasteiger partial charge in [-0.25, -0.2) is 4.79 Å². The van der Waals surface area contributed by atoms with Gasteiger partial charge < -0.3 is 10.6 Å². The summed E-state index contributed by atoms with van der Waals surface area (Å²) in [4.78, 5) is 11.9. The Morgan fingerprint density at radius 1 is 1.21 bits per heavy atom. The van der Waals surface area contributed by atoms with Crippen LogP contribution >= 0.6 is 0 Å². The molecule has 1 aromatic rings. The number of benzene rings is 1. The molecule has 0 heterocycles. The third-order valence-electron chi connectivity index (χ3n) is 3.48. The van der Waals surface area contributed by atoms with Gasteiger partial charge in [-0.3, -0.25) is 0 Å². The van der Waals surface area contributed by atoms with E-state index in [0.29, 0.717) is 6.04 Å². The summed E-state index contributed by atoms with van der Waals surface area (Å²) in [6.07, 6.45) is 12.5. The number of urea groups is 1. The number of anilines is 1. The smallest absolute Gasteiger partial charge is 0.319 e. The van der Waals surface area contributed by atoms with E-state index in [0.717, 1.165) is 24.1 Å². The highest BCUT2D eigenvalue weighted by Crippen LogP contribution is 2.17. The van der Waals surface area contributed by atoms with E-state index in [2.05, 4.69) is 16.6 Å². The maximum Gasteiger partial charge on any atom is 0.319 e. The van der Waals surface area contributed by atoms with Crippen molar-refractivity contribution in [2.24, 2.45) is 0 Å². The average molecular weight is 256 g/mol. The first kappa shape index (κ1) is 13.5. The molecule has 2 amide bonds. The Balaban J connectivity index is 1.88. The minimum atomic E-state index is -0.138. The molecule has 100 valence electrons. The standard InChI is InChI=1S/C16H20N2O/c1-2-13-8-7-11-15(12-13)18-16(19)17-14-9-5-3-4-6-10-14/h1,7-8,11-12,14H,3-6,9-10H2,(H2,17,18,19). The molecule has 1 saturated carbocycles. The van der Waals surface area contributed by atoms with Crippen LogP contribution in [0.3, 0.4) is 0 Å². The number of nitrogens with one attached hydrogen (secondary N) is 2. The van der Waals surface area contributed by atoms with Gasteiger partial charge in [-0.1, -0.05) is 37.7 Å². The van der Waals surface area contributed by atoms with E-state index in [1.165, 1.54) is 25.7 Å². The van der Waals surface area contributed by atoms with Gasteiger partial charge in [-0.15, -0.1) is 6.42 Å². The van der Waals surface area contributed by atoms with E-state index in [1.54, 1.807) is 6.07 Å². The summed E-state index contributed by atoms with van der Waals surface area (Å²) in [5, 5.41) is 5.88. The lowest BCUT2D eigenvalue weighted by molar-refractivity contribution is 0.247. The van der Waals surface area contributed by atoms with Gasteiger partial charge in [0.05, 0.1) is 0 Å². The van der Waals surface area contributed by atoms with Crippen molar-refractivity contribution in [1.82, 2.24) is 5.32 Å². The zero-order valence-electron chi connectivity index (χ0n) is 11.1. The van der Waals surface area contributed by atoms with Gasteiger partial charge in [-0.2, -0.15) is 0 Å². The molecule has 1 aromatic carbocycles. The molecule has 1 aliphatic carbocycles. The molecular weight excluding hydrogens is 236 g/mol. The molecule has 0 aromatic heterocycles. The molecule has 19 heavy (non-hydrogen) atoms. The van der Waals surface area contributed by atoms with E-state index in [-0.39, 0.29) is 6.03 Å². The van der Waals surface area contributed by atoms with Gasteiger partial charge in [0.15, 0.2) is 0 Å². The summed E-state index contributed by atoms with van der Waals surface area (Å²) < 4.78 is 0. The van der Waals surface area contributed by atoms with E-state index in [9.17, 15) is 4.79 Å². The minimum Gasteiger partial charge on any atom is -0.335 e. The van der Waals surface area contributed by atoms with E-state index in [1.807, 2.05) is 18.2 Å². The van der Waals surface area contributed by atoms with Crippen LogP contribution in [0, 0.1) is 12.3 Å². The van der Waals surface area contributed by atoms with Crippen LogP contribution < -0.4 is 10.6 Å². The maximum atomic E-state index is 11.9. The number of amides is 2. The maximum absolute atomic E-state index is 11.9. The topological polar surface area (TPSA) is 41.1 Å². The van der Waals surface area contributed by atoms with Gasteiger partial charge in [-0.05, 0) is 31.0 Å². The predicted octanol–water partition coefficient (Wildman–Crippen LogP) is 3.51. The second-order valence-corrected chi connectivity index (χ2v) is 5.01. The van der Waals surface area contributed by atoms with Crippen molar-refractivity contribution in [2.75, 3.05) is 5.32 Å². The molecule has 0 spiro atoms. The number of terminal acetylenes is 1. The zero-order valence-corrected chi connectivity index (χ0v) is 11.1. The van der Waals surface area contributed by atoms with Crippen LogP contribution in [-0.4, -0.2) is 12.1 Å². The van der Waals surface area contributed by atoms with Crippen molar-refractivity contribution in [1.29, 1.82) is 0 Å². The Morgan fingerprint density at radius 3 is 2.63 bits per heavy atom. The van der Waals surface area contributed by atoms with Gasteiger partial charge >= 0.3 is 6.03 Å². The van der Waals surface area contributed by atoms with Crippen molar-refractivity contribution in [2.45, 2.75) is 44.6 Å². The van der Waals surface area contributed by atoms with Crippen LogP contribution in [0.5, 0.6) is 0 Å². The fraction of sp³-hybridized carbons (Fsp3) is 0.438. The molecule has 1 fully saturated rings. The predicted molar refractivity (Wildman–Crippen MR) is 78.0 cm³/mol. The Bertz CT molecular complexity index is 468. The van der Waals surface area contributed by atoms with Crippen LogP contribution in [0.2, 0.25) is 0 Å². The largest absolute Gasteiger partial charge is 0.335 e. The number of hydrogen-bond donors (Lipinski definition) is 2. The summed E-state index contributed by atoms with van der Waals surface area (Å²) in [6.45, 7) is 0. The molecule has 0 aliphatic heterocycles. The first-order valence-corrected chi connectivity index (χ1v) is 6.92. The lowest BCUT2D eigenvalue weighted by atomic mass is 10.1. The van der Waals surface area contributed by atoms with Crippen molar-refractivity contribution in [3.05, 3.63) is 29.8 Å². The molecular formula is C16H20N2O. The third kappa shape index (κ3) is 4.33. The molecule has 0 atom stereocenters. The Hall–Kier alpha value is -1.95. The Labute approximate surface area is 114 Å². The molecule has 1 aliphatic rings. The zero-order chi connectivity index (χ0) is 13.5. The molecule has 2 rings (SSSR count). The summed E-state index contributed by atoms with van der Waals surface area (Å²) in [5.41, 5.74) is 1.51. The van der Waals surface area contributed by atoms with Gasteiger partial charge in [0, 0.05) is 17.3 Å². The summed E-state index contributed by atoms with van der Waals surface area (Å²) >= 11 is 0. The highest BCUT2D eigenvalue weighted by molar-refractivity contribution is 5.89. The van der Waals surface area contributed by atoms with E-state index in [4.69, 9.17) is 6.42 Å². The van der Waals surface area contributed by atoms with Crippen LogP contribution in [0.15, 0.2) is 24.3 Å². The van der Waals surface area contributed by atoms with Crippen LogP contribution in [0.4, 0.5) is 10.5 Å². The van der Waals surface area contributed by atoms with Gasteiger partial charge in [0.2, 0.25) is 0 Å². The lowest BCUT2D eigenvalue weighted by Gasteiger charge is -2.16. The second kappa shape index (κ2) is 6.84. The van der Waals surface area contributed by atoms with Crippen molar-refractivity contribution in [3.8, 4) is 12.3 Å². The quantitative estimate of drug-likeness (QED) is 0.617. The Kier molecular flexibility index (Phi) is 4.85. The summed E-state index contributed by atoms with van der Waals surface area (Å²) in [6, 6.07) is 7.49. The second-order valence-electron chi connectivity index (χ2n) is 5.01. The monoisotopic (exact) mass is 256 g/mol. The molecule has 2 N–H and O–H groups in total. The normalized spacial score (nSPS) is 16.2.